The highest BCUT2D eigenvalue weighted by molar-refractivity contribution is 7.14. The maximum absolute atomic E-state index is 11.1. The molecule has 6 nitrogen and oxygen atoms in total. The Labute approximate surface area is 245 Å². The van der Waals surface area contributed by atoms with E-state index in [4.69, 9.17) is 14.5 Å². The molecule has 1 fully saturated rings. The van der Waals surface area contributed by atoms with Crippen LogP contribution in [0.15, 0.2) is 23.6 Å². The minimum Gasteiger partial charge on any atom is -0.466 e. The van der Waals surface area contributed by atoms with Gasteiger partial charge in [0.25, 0.3) is 0 Å². The number of carbonyl (C=O) groups excluding carboxylic acids is 2. The fraction of sp³-hybridized carbons (Fsp3) is 0.667. The summed E-state index contributed by atoms with van der Waals surface area (Å²) in [5.41, 5.74) is 6.00. The Hall–Kier alpha value is -2.41. The maximum Gasteiger partial charge on any atom is 0.308 e. The zero-order valence-corrected chi connectivity index (χ0v) is 26.8. The van der Waals surface area contributed by atoms with Crippen molar-refractivity contribution in [3.05, 3.63) is 34.7 Å². The molecule has 0 spiro atoms. The van der Waals surface area contributed by atoms with Crippen LogP contribution in [0, 0.1) is 11.8 Å². The van der Waals surface area contributed by atoms with Crippen molar-refractivity contribution in [2.45, 2.75) is 105 Å². The summed E-state index contributed by atoms with van der Waals surface area (Å²) in [5.74, 6) is 0.108. The Morgan fingerprint density at radius 1 is 1.02 bits per heavy atom. The average Bonchev–Trinajstić information content (AvgIpc) is 3.41. The molecule has 222 valence electrons. The highest BCUT2D eigenvalue weighted by Crippen LogP contribution is 2.47. The van der Waals surface area contributed by atoms with Crippen LogP contribution in [0.3, 0.4) is 0 Å². The van der Waals surface area contributed by atoms with Crippen LogP contribution in [-0.2, 0) is 29.9 Å². The van der Waals surface area contributed by atoms with Crippen molar-refractivity contribution in [2.75, 3.05) is 31.2 Å². The molecular formula is C33H50N2O4S. The third-order valence-electron chi connectivity index (χ3n) is 8.47. The lowest BCUT2D eigenvalue weighted by atomic mass is 9.63. The highest BCUT2D eigenvalue weighted by Gasteiger charge is 2.37. The van der Waals surface area contributed by atoms with E-state index in [0.29, 0.717) is 19.6 Å². The van der Waals surface area contributed by atoms with E-state index in [1.165, 1.54) is 47.5 Å². The van der Waals surface area contributed by atoms with Crippen LogP contribution in [0.5, 0.6) is 0 Å². The number of ether oxygens (including phenoxy) is 2. The first kappa shape index (κ1) is 32.1. The molecule has 2 aliphatic rings. The molecule has 1 aromatic carbocycles. The van der Waals surface area contributed by atoms with Crippen molar-refractivity contribution >= 4 is 28.4 Å². The third-order valence-corrected chi connectivity index (χ3v) is 9.37. The van der Waals surface area contributed by atoms with E-state index in [-0.39, 0.29) is 35.1 Å². The van der Waals surface area contributed by atoms with Crippen LogP contribution in [0.25, 0.3) is 11.3 Å². The molecule has 2 aromatic rings. The molecule has 4 rings (SSSR count). The Bertz CT molecular complexity index is 1130. The van der Waals surface area contributed by atoms with Crippen molar-refractivity contribution < 1.29 is 19.1 Å². The van der Waals surface area contributed by atoms with Crippen LogP contribution in [0.2, 0.25) is 0 Å². The van der Waals surface area contributed by atoms with Crippen molar-refractivity contribution in [2.24, 2.45) is 11.8 Å². The predicted octanol–water partition coefficient (Wildman–Crippen LogP) is 7.92. The first-order chi connectivity index (χ1) is 18.9. The van der Waals surface area contributed by atoms with Gasteiger partial charge in [0.05, 0.1) is 24.8 Å². The maximum atomic E-state index is 11.1. The monoisotopic (exact) mass is 570 g/mol. The van der Waals surface area contributed by atoms with Gasteiger partial charge in [-0.1, -0.05) is 53.7 Å². The fourth-order valence-electron chi connectivity index (χ4n) is 5.46. The molecule has 0 bridgehead atoms. The smallest absolute Gasteiger partial charge is 0.308 e. The summed E-state index contributed by atoms with van der Waals surface area (Å²) in [4.78, 5) is 29.6. The molecule has 40 heavy (non-hydrogen) atoms. The number of aromatic nitrogens is 1. The van der Waals surface area contributed by atoms with E-state index >= 15 is 0 Å². The molecule has 1 aromatic heterocycles. The van der Waals surface area contributed by atoms with Crippen molar-refractivity contribution in [1.29, 1.82) is 0 Å². The van der Waals surface area contributed by atoms with Gasteiger partial charge >= 0.3 is 11.9 Å². The van der Waals surface area contributed by atoms with Crippen LogP contribution in [0.1, 0.15) is 105 Å². The van der Waals surface area contributed by atoms with Crippen LogP contribution in [-0.4, -0.2) is 43.2 Å². The van der Waals surface area contributed by atoms with Crippen molar-refractivity contribution in [3.8, 4) is 11.3 Å². The van der Waals surface area contributed by atoms with E-state index in [2.05, 4.69) is 63.1 Å². The third kappa shape index (κ3) is 8.31. The van der Waals surface area contributed by atoms with Crippen molar-refractivity contribution in [1.82, 2.24) is 4.98 Å². The first-order valence-corrected chi connectivity index (χ1v) is 15.9. The number of piperidine rings is 1. The first-order valence-electron chi connectivity index (χ1n) is 15.1. The highest BCUT2D eigenvalue weighted by atomic mass is 32.1. The molecule has 1 aliphatic carbocycles. The number of benzene rings is 1. The van der Waals surface area contributed by atoms with Crippen molar-refractivity contribution in [3.63, 3.8) is 0 Å². The quantitative estimate of drug-likeness (QED) is 0.300. The van der Waals surface area contributed by atoms with Gasteiger partial charge < -0.3 is 14.4 Å². The number of hydrogen-bond acceptors (Lipinski definition) is 7. The van der Waals surface area contributed by atoms with E-state index in [9.17, 15) is 9.59 Å². The molecule has 2 heterocycles. The topological polar surface area (TPSA) is 68.7 Å². The molecule has 7 heteroatoms. The molecule has 1 atom stereocenters. The summed E-state index contributed by atoms with van der Waals surface area (Å²) < 4.78 is 9.55. The number of hydrogen-bond donors (Lipinski definition) is 0. The van der Waals surface area contributed by atoms with Gasteiger partial charge in [0.15, 0.2) is 5.13 Å². The Morgan fingerprint density at radius 2 is 1.65 bits per heavy atom. The minimum absolute atomic E-state index is 0.237. The zero-order valence-electron chi connectivity index (χ0n) is 26.0. The number of nitrogens with zero attached hydrogens (tertiary/aromatic N) is 2. The summed E-state index contributed by atoms with van der Waals surface area (Å²) in [5, 5.41) is 3.44. The molecule has 1 aliphatic heterocycles. The van der Waals surface area contributed by atoms with Crippen LogP contribution < -0.4 is 4.90 Å². The number of thiazole rings is 1. The summed E-state index contributed by atoms with van der Waals surface area (Å²) in [6.07, 6.45) is 5.85. The summed E-state index contributed by atoms with van der Waals surface area (Å²) in [6.45, 7) is 20.3. The largest absolute Gasteiger partial charge is 0.466 e. The van der Waals surface area contributed by atoms with E-state index < -0.39 is 0 Å². The van der Waals surface area contributed by atoms with Crippen LogP contribution in [0.4, 0.5) is 5.13 Å². The Balaban J connectivity index is 0.000000270. The molecule has 0 amide bonds. The number of fused-ring (bicyclic) bond motifs is 1. The lowest BCUT2D eigenvalue weighted by Gasteiger charge is -2.42. The SMILES string of the molecule is CC1CCN(c2nc(-c3ccc4c(c3)C(C)(C)CCC4(C)C)cs2)CC1.CCOC(=O)CCC(C)C(=O)OCC. The average molecular weight is 571 g/mol. The second-order valence-corrected chi connectivity index (χ2v) is 13.5. The molecule has 1 saturated heterocycles. The van der Waals surface area contributed by atoms with Gasteiger partial charge in [-0.25, -0.2) is 4.98 Å². The predicted molar refractivity (Wildman–Crippen MR) is 165 cm³/mol. The number of carbonyl (C=O) groups is 2. The van der Waals surface area contributed by atoms with Gasteiger partial charge in [-0.3, -0.25) is 9.59 Å². The summed E-state index contributed by atoms with van der Waals surface area (Å²) in [7, 11) is 0. The number of esters is 2. The molecule has 0 saturated carbocycles. The van der Waals surface area contributed by atoms with Gasteiger partial charge in [-0.15, -0.1) is 11.3 Å². The number of rotatable bonds is 8. The van der Waals surface area contributed by atoms with E-state index in [1.54, 1.807) is 32.1 Å². The normalized spacial score (nSPS) is 18.6. The molecule has 0 radical (unpaired) electrons. The minimum atomic E-state index is -0.261. The summed E-state index contributed by atoms with van der Waals surface area (Å²) >= 11 is 1.80. The molecule has 0 N–H and O–H groups in total. The van der Waals surface area contributed by atoms with E-state index in [0.717, 1.165) is 24.7 Å². The Morgan fingerprint density at radius 3 is 2.27 bits per heavy atom. The fourth-order valence-corrected chi connectivity index (χ4v) is 6.35. The second-order valence-electron chi connectivity index (χ2n) is 12.7. The zero-order chi connectivity index (χ0) is 29.5. The molecular weight excluding hydrogens is 520 g/mol. The van der Waals surface area contributed by atoms with Crippen LogP contribution >= 0.6 is 11.3 Å². The standard InChI is InChI=1S/C23H32N2S.C10H18O4/c1-16-8-12-25(13-9-16)21-24-20(15-26-21)17-6-7-18-19(14-17)23(4,5)11-10-22(18,2)3;1-4-13-9(11)7-6-8(3)10(12)14-5-2/h6-7,14-16H,8-13H2,1-5H3;8H,4-7H2,1-3H3. The van der Waals surface area contributed by atoms with Gasteiger partial charge in [0.2, 0.25) is 0 Å². The van der Waals surface area contributed by atoms with Gasteiger partial charge in [-0.05, 0) is 79.9 Å². The second kappa shape index (κ2) is 14.0. The van der Waals surface area contributed by atoms with Gasteiger partial charge in [0.1, 0.15) is 0 Å². The number of anilines is 1. The summed E-state index contributed by atoms with van der Waals surface area (Å²) in [6, 6.07) is 7.08. The lowest BCUT2D eigenvalue weighted by Crippen LogP contribution is -2.33. The van der Waals surface area contributed by atoms with Gasteiger partial charge in [0, 0.05) is 30.5 Å². The lowest BCUT2D eigenvalue weighted by molar-refractivity contribution is -0.148. The van der Waals surface area contributed by atoms with E-state index in [1.807, 2.05) is 0 Å². The Kier molecular flexibility index (Phi) is 11.2. The van der Waals surface area contributed by atoms with Gasteiger partial charge in [-0.2, -0.15) is 0 Å². The molecule has 1 unspecified atom stereocenters.